The van der Waals surface area contributed by atoms with Crippen LogP contribution in [0.15, 0.2) is 41.5 Å². The molecule has 3 aromatic rings. The van der Waals surface area contributed by atoms with E-state index in [1.165, 1.54) is 23.0 Å². The molecular formula is C24H25F4N5O. The van der Waals surface area contributed by atoms with Gasteiger partial charge in [0, 0.05) is 37.8 Å². The lowest BCUT2D eigenvalue weighted by molar-refractivity contribution is 0.146. The number of rotatable bonds is 7. The maximum Gasteiger partial charge on any atom is 0.266 e. The van der Waals surface area contributed by atoms with Crippen molar-refractivity contribution in [3.05, 3.63) is 69.5 Å². The molecule has 1 atom stereocenters. The molecule has 0 bridgehead atoms. The van der Waals surface area contributed by atoms with Crippen molar-refractivity contribution in [1.29, 1.82) is 0 Å². The highest BCUT2D eigenvalue weighted by Crippen LogP contribution is 2.31. The van der Waals surface area contributed by atoms with Crippen LogP contribution in [0.4, 0.5) is 23.4 Å². The topological polar surface area (TPSA) is 63.1 Å². The van der Waals surface area contributed by atoms with Gasteiger partial charge in [-0.1, -0.05) is 24.3 Å². The van der Waals surface area contributed by atoms with Gasteiger partial charge in [-0.15, -0.1) is 0 Å². The van der Waals surface area contributed by atoms with Gasteiger partial charge in [-0.25, -0.2) is 27.5 Å². The molecule has 0 radical (unpaired) electrons. The zero-order chi connectivity index (χ0) is 24.4. The molecule has 0 saturated carbocycles. The number of hydrogen-bond donors (Lipinski definition) is 1. The quantitative estimate of drug-likeness (QED) is 0.505. The molecule has 0 unspecified atom stereocenters. The summed E-state index contributed by atoms with van der Waals surface area (Å²) in [6.45, 7) is 2.76. The number of hydrogen-bond acceptors (Lipinski definition) is 5. The predicted octanol–water partition coefficient (Wildman–Crippen LogP) is 4.64. The minimum Gasteiger partial charge on any atom is -0.363 e. The van der Waals surface area contributed by atoms with Crippen molar-refractivity contribution in [1.82, 2.24) is 19.4 Å². The Morgan fingerprint density at radius 2 is 1.97 bits per heavy atom. The highest BCUT2D eigenvalue weighted by molar-refractivity contribution is 5.89. The highest BCUT2D eigenvalue weighted by Gasteiger charge is 2.22. The van der Waals surface area contributed by atoms with E-state index in [1.807, 2.05) is 11.0 Å². The van der Waals surface area contributed by atoms with Crippen LogP contribution < -0.4 is 10.9 Å². The minimum absolute atomic E-state index is 0.0811. The van der Waals surface area contributed by atoms with Crippen molar-refractivity contribution >= 4 is 22.4 Å². The maximum atomic E-state index is 14.7. The molecule has 10 heteroatoms. The Labute approximate surface area is 193 Å². The summed E-state index contributed by atoms with van der Waals surface area (Å²) in [6.07, 6.45) is 0.886. The van der Waals surface area contributed by atoms with Gasteiger partial charge in [-0.2, -0.15) is 0 Å². The van der Waals surface area contributed by atoms with Crippen LogP contribution >= 0.6 is 0 Å². The van der Waals surface area contributed by atoms with Gasteiger partial charge in [0.1, 0.15) is 30.3 Å². The Kier molecular flexibility index (Phi) is 6.97. The van der Waals surface area contributed by atoms with Crippen molar-refractivity contribution in [2.75, 3.05) is 31.6 Å². The lowest BCUT2D eigenvalue weighted by Crippen LogP contribution is -2.31. The number of anilines is 1. The van der Waals surface area contributed by atoms with Crippen molar-refractivity contribution in [2.24, 2.45) is 7.05 Å². The van der Waals surface area contributed by atoms with Gasteiger partial charge >= 0.3 is 0 Å². The summed E-state index contributed by atoms with van der Waals surface area (Å²) in [5.74, 6) is -0.610. The molecule has 3 heterocycles. The van der Waals surface area contributed by atoms with E-state index in [0.29, 0.717) is 48.5 Å². The van der Waals surface area contributed by atoms with Crippen LogP contribution in [0, 0.1) is 5.82 Å². The first-order valence-electron chi connectivity index (χ1n) is 11.0. The number of nitrogens with zero attached hydrogens (tertiary/aromatic N) is 4. The van der Waals surface area contributed by atoms with E-state index in [4.69, 9.17) is 0 Å². The van der Waals surface area contributed by atoms with Crippen LogP contribution in [0.3, 0.4) is 0 Å². The first kappa shape index (κ1) is 23.9. The molecule has 4 rings (SSSR count). The van der Waals surface area contributed by atoms with Gasteiger partial charge in [0.15, 0.2) is 0 Å². The van der Waals surface area contributed by atoms with Gasteiger partial charge < -0.3 is 5.32 Å². The minimum atomic E-state index is -2.92. The van der Waals surface area contributed by atoms with Crippen LogP contribution in [0.2, 0.25) is 0 Å². The molecule has 1 aliphatic rings. The van der Waals surface area contributed by atoms with Gasteiger partial charge in [0.2, 0.25) is 0 Å². The molecule has 34 heavy (non-hydrogen) atoms. The van der Waals surface area contributed by atoms with Crippen LogP contribution in [-0.4, -0.2) is 45.7 Å². The number of halogens is 4. The van der Waals surface area contributed by atoms with Crippen molar-refractivity contribution in [3.63, 3.8) is 0 Å². The Bertz CT molecular complexity index is 1290. The normalized spacial score (nSPS) is 15.6. The SMILES string of the molecule is C[C@@H](Nc1ncnc2c1cc(C1=CCN(CCF)CC1)c(=O)n2C)c1cccc(C(F)F)c1F. The van der Waals surface area contributed by atoms with Crippen LogP contribution in [0.5, 0.6) is 0 Å². The Morgan fingerprint density at radius 1 is 1.21 bits per heavy atom. The van der Waals surface area contributed by atoms with E-state index in [9.17, 15) is 22.4 Å². The van der Waals surface area contributed by atoms with E-state index in [-0.39, 0.29) is 11.1 Å². The summed E-state index contributed by atoms with van der Waals surface area (Å²) in [5.41, 5.74) is 0.941. The molecule has 180 valence electrons. The second-order valence-corrected chi connectivity index (χ2v) is 8.27. The fraction of sp³-hybridized carbons (Fsp3) is 0.375. The molecule has 2 aromatic heterocycles. The van der Waals surface area contributed by atoms with Crippen molar-refractivity contribution in [3.8, 4) is 0 Å². The summed E-state index contributed by atoms with van der Waals surface area (Å²) in [6, 6.07) is 4.92. The maximum absolute atomic E-state index is 14.7. The summed E-state index contributed by atoms with van der Waals surface area (Å²) in [7, 11) is 1.61. The third-order valence-electron chi connectivity index (χ3n) is 6.16. The average Bonchev–Trinajstić information content (AvgIpc) is 2.82. The third-order valence-corrected chi connectivity index (χ3v) is 6.16. The third kappa shape index (κ3) is 4.54. The molecule has 0 amide bonds. The number of aryl methyl sites for hydroxylation is 1. The summed E-state index contributed by atoms with van der Waals surface area (Å²) < 4.78 is 55.0. The van der Waals surface area contributed by atoms with Crippen LogP contribution in [0.25, 0.3) is 16.6 Å². The Morgan fingerprint density at radius 3 is 2.65 bits per heavy atom. The highest BCUT2D eigenvalue weighted by atomic mass is 19.3. The van der Waals surface area contributed by atoms with Crippen molar-refractivity contribution < 1.29 is 17.6 Å². The van der Waals surface area contributed by atoms with E-state index in [2.05, 4.69) is 15.3 Å². The molecule has 0 spiro atoms. The van der Waals surface area contributed by atoms with Gasteiger partial charge in [-0.3, -0.25) is 14.3 Å². The first-order valence-corrected chi connectivity index (χ1v) is 11.0. The van der Waals surface area contributed by atoms with Crippen LogP contribution in [-0.2, 0) is 7.05 Å². The largest absolute Gasteiger partial charge is 0.363 e. The Hall–Kier alpha value is -3.27. The standard InChI is InChI=1S/C24H25F4N5O/c1-14(16-4-3-5-17(20(16)26)21(27)28)31-22-19-12-18(15-6-9-33(10-7-15)11-8-25)24(34)32(2)23(19)30-13-29-22/h3-6,12-14,21H,7-11H2,1-2H3,(H,29,30,31)/t14-/m1/s1. The monoisotopic (exact) mass is 475 g/mol. The van der Waals surface area contributed by atoms with Crippen molar-refractivity contribution in [2.45, 2.75) is 25.8 Å². The van der Waals surface area contributed by atoms with Crippen LogP contribution in [0.1, 0.15) is 42.5 Å². The van der Waals surface area contributed by atoms with E-state index < -0.39 is 30.5 Å². The summed E-state index contributed by atoms with van der Waals surface area (Å²) in [5, 5.41) is 3.63. The first-order chi connectivity index (χ1) is 16.3. The molecule has 0 fully saturated rings. The second kappa shape index (κ2) is 9.92. The molecule has 0 saturated heterocycles. The fourth-order valence-corrected chi connectivity index (χ4v) is 4.25. The average molecular weight is 475 g/mol. The number of alkyl halides is 3. The van der Waals surface area contributed by atoms with Gasteiger partial charge in [0.25, 0.3) is 12.0 Å². The molecular weight excluding hydrogens is 450 g/mol. The molecule has 1 N–H and O–H groups in total. The molecule has 1 aliphatic heterocycles. The fourth-order valence-electron chi connectivity index (χ4n) is 4.25. The van der Waals surface area contributed by atoms with E-state index in [0.717, 1.165) is 11.6 Å². The zero-order valence-electron chi connectivity index (χ0n) is 18.9. The number of benzene rings is 1. The number of pyridine rings is 1. The summed E-state index contributed by atoms with van der Waals surface area (Å²) >= 11 is 0. The van der Waals surface area contributed by atoms with Gasteiger partial charge in [-0.05, 0) is 25.0 Å². The number of nitrogens with one attached hydrogen (secondary N) is 1. The molecule has 1 aromatic carbocycles. The predicted molar refractivity (Wildman–Crippen MR) is 123 cm³/mol. The zero-order valence-corrected chi connectivity index (χ0v) is 18.9. The Balaban J connectivity index is 1.73. The smallest absolute Gasteiger partial charge is 0.266 e. The lowest BCUT2D eigenvalue weighted by Gasteiger charge is -2.25. The number of fused-ring (bicyclic) bond motifs is 1. The molecule has 0 aliphatic carbocycles. The van der Waals surface area contributed by atoms with E-state index in [1.54, 1.807) is 20.0 Å². The second-order valence-electron chi connectivity index (χ2n) is 8.27. The number of aromatic nitrogens is 3. The molecule has 6 nitrogen and oxygen atoms in total. The van der Waals surface area contributed by atoms with E-state index >= 15 is 0 Å². The summed E-state index contributed by atoms with van der Waals surface area (Å²) in [4.78, 5) is 23.5. The van der Waals surface area contributed by atoms with Gasteiger partial charge in [0.05, 0.1) is 17.0 Å². The lowest BCUT2D eigenvalue weighted by atomic mass is 9.99.